The summed E-state index contributed by atoms with van der Waals surface area (Å²) in [5.41, 5.74) is -3.32. The van der Waals surface area contributed by atoms with Crippen molar-refractivity contribution < 1.29 is 72.1 Å². The number of cyclic esters (lactones) is 1. The molecule has 73 heavy (non-hydrogen) atoms. The Labute approximate surface area is 434 Å². The van der Waals surface area contributed by atoms with Gasteiger partial charge in [-0.25, -0.2) is 9.07 Å². The lowest BCUT2D eigenvalue weighted by atomic mass is 9.77. The van der Waals surface area contributed by atoms with Gasteiger partial charge in [0.15, 0.2) is 12.6 Å². The minimum Gasteiger partial charge on any atom is -0.459 e. The number of hydrogen-bond donors (Lipinski definition) is 5. The highest BCUT2D eigenvalue weighted by Gasteiger charge is 2.53. The molecule has 21 heteroatoms. The van der Waals surface area contributed by atoms with Gasteiger partial charge in [-0.05, 0) is 105 Å². The molecule has 0 amide bonds. The third-order valence-corrected chi connectivity index (χ3v) is 17.0. The second-order valence-electron chi connectivity index (χ2n) is 22.0. The number of benzene rings is 1. The number of alkyl halides is 1. The molecule has 3 aliphatic rings. The average Bonchev–Trinajstić information content (AvgIpc) is 3.81. The largest absolute Gasteiger partial charge is 0.459 e. The smallest absolute Gasteiger partial charge is 0.311 e. The number of aliphatic hydroxyl groups excluding tert-OH is 3. The standard InChI is InChI=1S/C52H88FN5O14S/c1-16-40-52(10,64)45(60)33(6)57(12)27-29(2)24-50(8,63)47(31(4)43(32(5)48(62)70-40)71-41-25-51(9,67-14)46(61)34(7)69-41)72-49-42(59)38(23-30(3)68-49)56(11)22-21-36-28-58(55-54-36)39(26-53)44(66-13)35-17-19-37(20-18-35)73(15)65/h17-20,28-34,38-47,49,59-61,63-64H,16,21-27H2,1-15H3/t29-,30-,31+,32-,33-,34+,38+,39-,40-,41+,42-,43+,44-,45-,46+,47-,49+,50-,51-,52-,73?/m1/s1. The van der Waals surface area contributed by atoms with Crippen LogP contribution in [-0.2, 0) is 55.2 Å². The van der Waals surface area contributed by atoms with Crippen molar-refractivity contribution in [3.05, 3.63) is 41.7 Å². The van der Waals surface area contributed by atoms with Crippen LogP contribution in [0.2, 0.25) is 0 Å². The Morgan fingerprint density at radius 1 is 0.986 bits per heavy atom. The summed E-state index contributed by atoms with van der Waals surface area (Å²) in [4.78, 5) is 19.0. The van der Waals surface area contributed by atoms with Gasteiger partial charge in [0.05, 0.1) is 47.2 Å². The topological polar surface area (TPSA) is 237 Å². The maximum atomic E-state index is 14.7. The molecule has 1 aromatic carbocycles. The van der Waals surface area contributed by atoms with Gasteiger partial charge >= 0.3 is 5.97 Å². The predicted octanol–water partition coefficient (Wildman–Crippen LogP) is 3.74. The fourth-order valence-electron chi connectivity index (χ4n) is 11.4. The van der Waals surface area contributed by atoms with Crippen LogP contribution in [0.4, 0.5) is 4.39 Å². The van der Waals surface area contributed by atoms with Crippen LogP contribution in [-0.4, -0.2) is 205 Å². The molecule has 1 unspecified atom stereocenters. The van der Waals surface area contributed by atoms with Crippen molar-refractivity contribution in [3.8, 4) is 0 Å². The average molecular weight is 1060 g/mol. The van der Waals surface area contributed by atoms with Gasteiger partial charge in [0.2, 0.25) is 0 Å². The Morgan fingerprint density at radius 3 is 2.23 bits per heavy atom. The molecule has 5 N–H and O–H groups in total. The number of aromatic nitrogens is 3. The molecule has 3 saturated heterocycles. The zero-order valence-corrected chi connectivity index (χ0v) is 46.6. The summed E-state index contributed by atoms with van der Waals surface area (Å²) in [5, 5.41) is 68.4. The summed E-state index contributed by atoms with van der Waals surface area (Å²) in [7, 11) is 5.51. The molecule has 19 nitrogen and oxygen atoms in total. The SMILES string of the molecule is CC[C@H]1OC(=O)[C@H](C)[C@@H](O[C@H]2C[C@@](C)(OC)[C@@H](O)[C@H](C)O2)[C@H](C)[C@@H](O[C@@H]2O[C@H](C)C[C@H](N(C)CCc3cn([C@H](CF)[C@H](OC)c4ccc(S(C)=O)cc4)nn3)[C@H]2O)[C@](C)(O)C[C@@H](C)CN(C)[C@H](C)[C@@H](O)[C@]1(C)O. The van der Waals surface area contributed by atoms with Crippen molar-refractivity contribution in [2.45, 2.75) is 209 Å². The fraction of sp³-hybridized carbons (Fsp3) is 0.827. The zero-order valence-electron chi connectivity index (χ0n) is 45.8. The van der Waals surface area contributed by atoms with Crippen molar-refractivity contribution in [2.75, 3.05) is 54.3 Å². The minimum absolute atomic E-state index is 0.0798. The van der Waals surface area contributed by atoms with Gasteiger partial charge < -0.3 is 68.5 Å². The Balaban J connectivity index is 1.44. The van der Waals surface area contributed by atoms with Crippen molar-refractivity contribution in [2.24, 2.45) is 17.8 Å². The van der Waals surface area contributed by atoms with E-state index in [1.165, 1.54) is 25.8 Å². The number of methoxy groups -OCH3 is 2. The molecule has 0 saturated carbocycles. The Morgan fingerprint density at radius 2 is 1.64 bits per heavy atom. The lowest BCUT2D eigenvalue weighted by Gasteiger charge is -2.49. The molecular formula is C52H88FN5O14S. The summed E-state index contributed by atoms with van der Waals surface area (Å²) in [6.45, 7) is 17.4. The molecule has 0 radical (unpaired) electrons. The van der Waals surface area contributed by atoms with E-state index in [9.17, 15) is 38.9 Å². The van der Waals surface area contributed by atoms with Crippen molar-refractivity contribution >= 4 is 16.8 Å². The zero-order chi connectivity index (χ0) is 54.5. The molecule has 2 aromatic rings. The van der Waals surface area contributed by atoms with Crippen LogP contribution < -0.4 is 0 Å². The van der Waals surface area contributed by atoms with E-state index in [0.29, 0.717) is 42.1 Å². The second-order valence-corrected chi connectivity index (χ2v) is 23.4. The number of likely N-dealkylation sites (N-methyl/N-ethyl adjacent to an activating group) is 2. The second kappa shape index (κ2) is 25.7. The highest BCUT2D eigenvalue weighted by Crippen LogP contribution is 2.41. The summed E-state index contributed by atoms with van der Waals surface area (Å²) >= 11 is 0. The van der Waals surface area contributed by atoms with Crippen LogP contribution >= 0.6 is 0 Å². The van der Waals surface area contributed by atoms with Crippen molar-refractivity contribution in [1.82, 2.24) is 24.8 Å². The maximum Gasteiger partial charge on any atom is 0.311 e. The monoisotopic (exact) mass is 1060 g/mol. The first-order chi connectivity index (χ1) is 34.1. The number of hydrogen-bond acceptors (Lipinski definition) is 18. The van der Waals surface area contributed by atoms with E-state index in [1.807, 2.05) is 37.7 Å². The number of esters is 1. The van der Waals surface area contributed by atoms with Gasteiger partial charge in [0.25, 0.3) is 0 Å². The maximum absolute atomic E-state index is 14.7. The third-order valence-electron chi connectivity index (χ3n) is 16.0. The molecule has 0 aliphatic carbocycles. The summed E-state index contributed by atoms with van der Waals surface area (Å²) in [6, 6.07) is 5.08. The summed E-state index contributed by atoms with van der Waals surface area (Å²) in [6.07, 6.45) is -6.56. The van der Waals surface area contributed by atoms with E-state index in [-0.39, 0.29) is 25.2 Å². The van der Waals surface area contributed by atoms with Crippen LogP contribution in [0.15, 0.2) is 35.4 Å². The number of ether oxygens (including phenoxy) is 7. The fourth-order valence-corrected chi connectivity index (χ4v) is 11.9. The molecule has 0 bridgehead atoms. The van der Waals surface area contributed by atoms with Gasteiger partial charge in [0, 0.05) is 86.3 Å². The van der Waals surface area contributed by atoms with Crippen LogP contribution in [0, 0.1) is 17.8 Å². The first-order valence-electron chi connectivity index (χ1n) is 25.8. The van der Waals surface area contributed by atoms with Gasteiger partial charge in [0.1, 0.15) is 48.8 Å². The van der Waals surface area contributed by atoms with E-state index in [2.05, 4.69) is 10.3 Å². The van der Waals surface area contributed by atoms with E-state index in [0.717, 1.165) is 0 Å². The molecular weight excluding hydrogens is 970 g/mol. The van der Waals surface area contributed by atoms with Crippen molar-refractivity contribution in [3.63, 3.8) is 0 Å². The quantitative estimate of drug-likeness (QED) is 0.151. The third kappa shape index (κ3) is 14.3. The van der Waals surface area contributed by atoms with E-state index in [4.69, 9.17) is 33.2 Å². The summed E-state index contributed by atoms with van der Waals surface area (Å²) in [5.74, 6) is -2.90. The normalized spacial score (nSPS) is 40.1. The van der Waals surface area contributed by atoms with E-state index < -0.39 is 138 Å². The predicted molar refractivity (Wildman–Crippen MR) is 270 cm³/mol. The number of carbonyl (C=O) groups excluding carboxylic acids is 1. The van der Waals surface area contributed by atoms with Crippen LogP contribution in [0.1, 0.15) is 118 Å². The lowest BCUT2D eigenvalue weighted by molar-refractivity contribution is -0.318. The lowest BCUT2D eigenvalue weighted by Crippen LogP contribution is -2.61. The molecule has 3 aliphatic heterocycles. The van der Waals surface area contributed by atoms with Crippen LogP contribution in [0.25, 0.3) is 0 Å². The van der Waals surface area contributed by atoms with Gasteiger partial charge in [-0.2, -0.15) is 0 Å². The molecule has 21 atom stereocenters. The van der Waals surface area contributed by atoms with Gasteiger partial charge in [-0.1, -0.05) is 38.1 Å². The van der Waals surface area contributed by atoms with Crippen LogP contribution in [0.5, 0.6) is 0 Å². The highest BCUT2D eigenvalue weighted by atomic mass is 32.2. The van der Waals surface area contributed by atoms with E-state index >= 15 is 0 Å². The highest BCUT2D eigenvalue weighted by molar-refractivity contribution is 7.84. The molecule has 5 rings (SSSR count). The van der Waals surface area contributed by atoms with Crippen molar-refractivity contribution in [1.29, 1.82) is 0 Å². The Bertz CT molecular complexity index is 2070. The molecule has 1 aromatic heterocycles. The van der Waals surface area contributed by atoms with Crippen LogP contribution in [0.3, 0.4) is 0 Å². The Kier molecular flexibility index (Phi) is 21.6. The van der Waals surface area contributed by atoms with E-state index in [1.54, 1.807) is 85.2 Å². The Hall–Kier alpha value is -2.61. The number of nitrogens with zero attached hydrogens (tertiary/aromatic N) is 5. The number of aliphatic hydroxyl groups is 5. The van der Waals surface area contributed by atoms with Gasteiger partial charge in [-0.15, -0.1) is 5.10 Å². The number of rotatable bonds is 16. The molecule has 418 valence electrons. The molecule has 3 fully saturated rings. The molecule has 0 spiro atoms. The first kappa shape index (κ1) is 61.2. The minimum atomic E-state index is -1.86. The van der Waals surface area contributed by atoms with Gasteiger partial charge in [-0.3, -0.25) is 9.00 Å². The molecule has 4 heterocycles. The number of carbonyl (C=O) groups is 1. The first-order valence-corrected chi connectivity index (χ1v) is 27.4. The number of halogens is 1. The summed E-state index contributed by atoms with van der Waals surface area (Å²) < 4.78 is 72.2.